The first-order valence-corrected chi connectivity index (χ1v) is 6.17. The molecule has 1 aliphatic carbocycles. The summed E-state index contributed by atoms with van der Waals surface area (Å²) in [6.45, 7) is 1.84. The molecule has 0 aliphatic heterocycles. The Morgan fingerprint density at radius 2 is 1.50 bits per heavy atom. The molecule has 0 bridgehead atoms. The molecule has 1 aliphatic rings. The van der Waals surface area contributed by atoms with Gasteiger partial charge in [0, 0.05) is 40.7 Å². The van der Waals surface area contributed by atoms with Gasteiger partial charge in [-0.2, -0.15) is 0 Å². The maximum atomic E-state index is 11.9. The zero-order valence-electron chi connectivity index (χ0n) is 10.8. The van der Waals surface area contributed by atoms with Crippen LogP contribution in [-0.2, 0) is 0 Å². The first kappa shape index (κ1) is 12.3. The van der Waals surface area contributed by atoms with Gasteiger partial charge in [0.2, 0.25) is 0 Å². The Balaban J connectivity index is 2.25. The highest BCUT2D eigenvalue weighted by Gasteiger charge is 2.21. The highest BCUT2D eigenvalue weighted by Crippen LogP contribution is 2.27. The number of carbonyl (C=O) groups excluding carboxylic acids is 2. The quantitative estimate of drug-likeness (QED) is 0.860. The van der Waals surface area contributed by atoms with E-state index in [4.69, 9.17) is 0 Å². The lowest BCUT2D eigenvalue weighted by Crippen LogP contribution is -2.12. The summed E-state index contributed by atoms with van der Waals surface area (Å²) in [6.07, 6.45) is 4.12. The third kappa shape index (κ3) is 1.91. The van der Waals surface area contributed by atoms with Crippen molar-refractivity contribution in [2.75, 3.05) is 0 Å². The number of hydrogen-bond acceptors (Lipinski definition) is 3. The Bertz CT molecular complexity index is 828. The first-order valence-electron chi connectivity index (χ1n) is 6.17. The second-order valence-electron chi connectivity index (χ2n) is 4.71. The molecule has 0 fully saturated rings. The van der Waals surface area contributed by atoms with Gasteiger partial charge in [0.1, 0.15) is 0 Å². The van der Waals surface area contributed by atoms with Crippen LogP contribution >= 0.6 is 0 Å². The summed E-state index contributed by atoms with van der Waals surface area (Å²) in [7, 11) is 0. The Morgan fingerprint density at radius 3 is 2.15 bits per heavy atom. The summed E-state index contributed by atoms with van der Waals surface area (Å²) in [5.74, 6) is -0.366. The number of nitrogens with one attached hydrogen (secondary N) is 1. The molecule has 3 rings (SSSR count). The van der Waals surface area contributed by atoms with Crippen LogP contribution in [0.2, 0.25) is 0 Å². The van der Waals surface area contributed by atoms with E-state index in [1.165, 1.54) is 24.3 Å². The molecule has 1 aromatic carbocycles. The summed E-state index contributed by atoms with van der Waals surface area (Å²) in [6, 6.07) is 6.26. The van der Waals surface area contributed by atoms with Crippen molar-refractivity contribution < 1.29 is 9.59 Å². The number of benzene rings is 1. The average Bonchev–Trinajstić information content (AvgIpc) is 2.43. The van der Waals surface area contributed by atoms with Crippen molar-refractivity contribution in [1.29, 1.82) is 0 Å². The molecule has 98 valence electrons. The zero-order chi connectivity index (χ0) is 14.3. The van der Waals surface area contributed by atoms with Crippen LogP contribution in [0.4, 0.5) is 0 Å². The van der Waals surface area contributed by atoms with Crippen LogP contribution in [0.25, 0.3) is 11.3 Å². The van der Waals surface area contributed by atoms with E-state index >= 15 is 0 Å². The number of aryl methyl sites for hydroxylation is 1. The summed E-state index contributed by atoms with van der Waals surface area (Å²) < 4.78 is 0. The van der Waals surface area contributed by atoms with E-state index in [1.807, 2.05) is 6.92 Å². The number of aromatic nitrogens is 1. The van der Waals surface area contributed by atoms with Gasteiger partial charge in [-0.1, -0.05) is 0 Å². The number of hydrogen-bond donors (Lipinski definition) is 1. The van der Waals surface area contributed by atoms with Gasteiger partial charge >= 0.3 is 0 Å². The highest BCUT2D eigenvalue weighted by atomic mass is 16.1. The number of carbonyl (C=O) groups is 2. The van der Waals surface area contributed by atoms with Crippen molar-refractivity contribution in [2.45, 2.75) is 6.92 Å². The van der Waals surface area contributed by atoms with E-state index in [1.54, 1.807) is 18.3 Å². The third-order valence-corrected chi connectivity index (χ3v) is 3.34. The van der Waals surface area contributed by atoms with Crippen LogP contribution in [0.3, 0.4) is 0 Å². The van der Waals surface area contributed by atoms with E-state index in [9.17, 15) is 14.4 Å². The molecule has 0 amide bonds. The SMILES string of the molecule is Cc1cc2c(cc1-c1cc(=O)cc[nH]1)C(=O)C=CC2=O. The van der Waals surface area contributed by atoms with Gasteiger partial charge in [-0.15, -0.1) is 0 Å². The number of pyridine rings is 1. The average molecular weight is 265 g/mol. The zero-order valence-corrected chi connectivity index (χ0v) is 10.8. The number of fused-ring (bicyclic) bond motifs is 1. The largest absolute Gasteiger partial charge is 0.361 e. The van der Waals surface area contributed by atoms with Crippen LogP contribution in [-0.4, -0.2) is 16.6 Å². The standard InChI is InChI=1S/C16H11NO3/c1-9-6-12-13(16(20)3-2-15(12)19)8-11(9)14-7-10(18)4-5-17-14/h2-8H,1H3,(H,17,18). The lowest BCUT2D eigenvalue weighted by molar-refractivity contribution is 0.0994. The van der Waals surface area contributed by atoms with Crippen LogP contribution in [0, 0.1) is 6.92 Å². The van der Waals surface area contributed by atoms with Gasteiger partial charge < -0.3 is 4.98 Å². The second kappa shape index (κ2) is 4.42. The summed E-state index contributed by atoms with van der Waals surface area (Å²) >= 11 is 0. The Morgan fingerprint density at radius 1 is 0.850 bits per heavy atom. The molecular weight excluding hydrogens is 254 g/mol. The minimum absolute atomic E-state index is 0.113. The lowest BCUT2D eigenvalue weighted by Gasteiger charge is -2.13. The van der Waals surface area contributed by atoms with Crippen molar-refractivity contribution in [3.63, 3.8) is 0 Å². The predicted octanol–water partition coefficient (Wildman–Crippen LogP) is 2.29. The van der Waals surface area contributed by atoms with Crippen LogP contribution in [0.1, 0.15) is 26.3 Å². The molecule has 0 atom stereocenters. The van der Waals surface area contributed by atoms with Crippen molar-refractivity contribution in [3.05, 3.63) is 69.5 Å². The fraction of sp³-hybridized carbons (Fsp3) is 0.0625. The number of rotatable bonds is 1. The van der Waals surface area contributed by atoms with Crippen molar-refractivity contribution in [1.82, 2.24) is 4.98 Å². The number of ketones is 2. The lowest BCUT2D eigenvalue weighted by atomic mass is 9.89. The molecule has 1 N–H and O–H groups in total. The smallest absolute Gasteiger partial charge is 0.186 e. The summed E-state index contributed by atoms with van der Waals surface area (Å²) in [4.78, 5) is 38.1. The highest BCUT2D eigenvalue weighted by molar-refractivity contribution is 6.22. The monoisotopic (exact) mass is 265 g/mol. The van der Waals surface area contributed by atoms with E-state index in [-0.39, 0.29) is 17.0 Å². The first-order chi connectivity index (χ1) is 9.56. The number of aromatic amines is 1. The van der Waals surface area contributed by atoms with Crippen LogP contribution < -0.4 is 5.43 Å². The number of H-pyrrole nitrogens is 1. The molecule has 0 spiro atoms. The molecule has 2 aromatic rings. The third-order valence-electron chi connectivity index (χ3n) is 3.34. The van der Waals surface area contributed by atoms with E-state index < -0.39 is 0 Å². The Hall–Kier alpha value is -2.75. The van der Waals surface area contributed by atoms with Gasteiger partial charge in [-0.3, -0.25) is 14.4 Å². The molecule has 1 aromatic heterocycles. The van der Waals surface area contributed by atoms with Gasteiger partial charge in [-0.05, 0) is 36.8 Å². The maximum Gasteiger partial charge on any atom is 0.186 e. The molecule has 4 heteroatoms. The van der Waals surface area contributed by atoms with Crippen LogP contribution in [0.15, 0.2) is 47.4 Å². The van der Waals surface area contributed by atoms with Gasteiger partial charge in [0.15, 0.2) is 17.0 Å². The minimum atomic E-state index is -0.195. The van der Waals surface area contributed by atoms with Crippen molar-refractivity contribution in [3.8, 4) is 11.3 Å². The van der Waals surface area contributed by atoms with E-state index in [2.05, 4.69) is 4.98 Å². The predicted molar refractivity (Wildman–Crippen MR) is 75.0 cm³/mol. The Kier molecular flexibility index (Phi) is 2.71. The molecule has 4 nitrogen and oxygen atoms in total. The molecule has 0 saturated heterocycles. The maximum absolute atomic E-state index is 11.9. The van der Waals surface area contributed by atoms with E-state index in [0.717, 1.165) is 11.1 Å². The summed E-state index contributed by atoms with van der Waals surface area (Å²) in [5, 5.41) is 0. The molecule has 0 radical (unpaired) electrons. The fourth-order valence-electron chi connectivity index (χ4n) is 2.34. The van der Waals surface area contributed by atoms with Crippen molar-refractivity contribution >= 4 is 11.6 Å². The normalized spacial score (nSPS) is 13.4. The second-order valence-corrected chi connectivity index (χ2v) is 4.71. The number of allylic oxidation sites excluding steroid dienone is 2. The van der Waals surface area contributed by atoms with Gasteiger partial charge in [-0.25, -0.2) is 0 Å². The van der Waals surface area contributed by atoms with Crippen LogP contribution in [0.5, 0.6) is 0 Å². The fourth-order valence-corrected chi connectivity index (χ4v) is 2.34. The Labute approximate surface area is 114 Å². The minimum Gasteiger partial charge on any atom is -0.361 e. The van der Waals surface area contributed by atoms with E-state index in [0.29, 0.717) is 16.8 Å². The summed E-state index contributed by atoms with van der Waals surface area (Å²) in [5.41, 5.74) is 2.89. The molecule has 0 saturated carbocycles. The molecule has 1 heterocycles. The van der Waals surface area contributed by atoms with Gasteiger partial charge in [0.25, 0.3) is 0 Å². The van der Waals surface area contributed by atoms with Gasteiger partial charge in [0.05, 0.1) is 0 Å². The molecular formula is C16H11NO3. The molecule has 0 unspecified atom stereocenters. The topological polar surface area (TPSA) is 67.0 Å². The van der Waals surface area contributed by atoms with Crippen molar-refractivity contribution in [2.24, 2.45) is 0 Å². The molecule has 20 heavy (non-hydrogen) atoms.